The molecule has 2 bridgehead atoms. The largest absolute Gasteiger partial charge is 0.488 e. The number of hydrogen-bond acceptors (Lipinski definition) is 5. The molecular formula is C24H25F3N2O5S. The first-order valence-electron chi connectivity index (χ1n) is 11.1. The molecule has 11 heteroatoms. The van der Waals surface area contributed by atoms with E-state index in [1.165, 1.54) is 4.31 Å². The van der Waals surface area contributed by atoms with Gasteiger partial charge in [-0.2, -0.15) is 8.70 Å². The minimum atomic E-state index is -3.43. The van der Waals surface area contributed by atoms with E-state index in [0.29, 0.717) is 30.9 Å². The van der Waals surface area contributed by atoms with Crippen LogP contribution in [-0.2, 0) is 21.2 Å². The summed E-state index contributed by atoms with van der Waals surface area (Å²) in [5, 5.41) is 13.1. The molecule has 2 N–H and O–H groups in total. The Morgan fingerprint density at radius 3 is 2.46 bits per heavy atom. The molecule has 2 unspecified atom stereocenters. The molecule has 2 aliphatic heterocycles. The zero-order valence-electron chi connectivity index (χ0n) is 18.9. The number of carbonyl (C=O) groups is 1. The molecule has 2 atom stereocenters. The summed E-state index contributed by atoms with van der Waals surface area (Å²) in [4.78, 5) is 12.1. The van der Waals surface area contributed by atoms with Crippen LogP contribution in [0.1, 0.15) is 24.0 Å². The number of fused-ring (bicyclic) bond motifs is 2. The second-order valence-corrected chi connectivity index (χ2v) is 10.7. The summed E-state index contributed by atoms with van der Waals surface area (Å²) in [7, 11) is -3.43. The first kappa shape index (κ1) is 25.2. The lowest BCUT2D eigenvalue weighted by Crippen LogP contribution is -2.61. The van der Waals surface area contributed by atoms with Gasteiger partial charge in [-0.25, -0.2) is 22.0 Å². The van der Waals surface area contributed by atoms with E-state index in [2.05, 4.69) is 5.32 Å². The summed E-state index contributed by atoms with van der Waals surface area (Å²) in [6.07, 6.45) is 2.45. The number of ether oxygens (including phenoxy) is 1. The van der Waals surface area contributed by atoms with Crippen molar-refractivity contribution in [3.8, 4) is 5.75 Å². The van der Waals surface area contributed by atoms with Crippen molar-refractivity contribution in [1.82, 2.24) is 9.62 Å². The van der Waals surface area contributed by atoms with Crippen LogP contribution in [0.25, 0.3) is 5.57 Å². The van der Waals surface area contributed by atoms with Crippen LogP contribution in [0, 0.1) is 17.5 Å². The van der Waals surface area contributed by atoms with Gasteiger partial charge in [-0.15, -0.1) is 0 Å². The van der Waals surface area contributed by atoms with Crippen molar-refractivity contribution in [2.24, 2.45) is 0 Å². The number of benzene rings is 2. The van der Waals surface area contributed by atoms with Gasteiger partial charge in [-0.3, -0.25) is 0 Å². The van der Waals surface area contributed by atoms with Gasteiger partial charge in [0, 0.05) is 19.1 Å². The Morgan fingerprint density at radius 1 is 1.11 bits per heavy atom. The Labute approximate surface area is 201 Å². The molecule has 2 aromatic rings. The highest BCUT2D eigenvalue weighted by atomic mass is 32.2. The van der Waals surface area contributed by atoms with Gasteiger partial charge in [0.05, 0.1) is 24.5 Å². The number of nitrogens with zero attached hydrogens (tertiary/aromatic N) is 1. The second kappa shape index (κ2) is 10.00. The molecule has 1 fully saturated rings. The number of rotatable bonds is 8. The first-order valence-corrected chi connectivity index (χ1v) is 12.9. The van der Waals surface area contributed by atoms with E-state index >= 15 is 0 Å². The van der Waals surface area contributed by atoms with E-state index in [9.17, 15) is 31.5 Å². The summed E-state index contributed by atoms with van der Waals surface area (Å²) in [5.74, 6) is -5.34. The molecule has 2 aromatic carbocycles. The third-order valence-corrected chi connectivity index (χ3v) is 7.47. The number of nitrogens with one attached hydrogen (secondary N) is 1. The predicted molar refractivity (Wildman–Crippen MR) is 123 cm³/mol. The summed E-state index contributed by atoms with van der Waals surface area (Å²) in [5.41, 5.74) is 2.49. The summed E-state index contributed by atoms with van der Waals surface area (Å²) in [6, 6.07) is 8.01. The maximum Gasteiger partial charge on any atom is 0.333 e. The fourth-order valence-corrected chi connectivity index (χ4v) is 5.44. The van der Waals surface area contributed by atoms with Crippen LogP contribution in [0.5, 0.6) is 5.75 Å². The second-order valence-electron chi connectivity index (χ2n) is 8.72. The number of carboxylic acids is 1. The van der Waals surface area contributed by atoms with Crippen LogP contribution < -0.4 is 10.1 Å². The van der Waals surface area contributed by atoms with Crippen LogP contribution in [0.2, 0.25) is 0 Å². The third kappa shape index (κ3) is 5.52. The minimum Gasteiger partial charge on any atom is -0.488 e. The van der Waals surface area contributed by atoms with Crippen LogP contribution in [-0.4, -0.2) is 61.8 Å². The molecule has 0 radical (unpaired) electrons. The average Bonchev–Trinajstić information content (AvgIpc) is 2.80. The van der Waals surface area contributed by atoms with E-state index in [1.807, 2.05) is 24.3 Å². The van der Waals surface area contributed by atoms with E-state index in [0.717, 1.165) is 23.4 Å². The Balaban J connectivity index is 1.43. The number of carboxylic acid groups (broad SMARTS) is 1. The smallest absolute Gasteiger partial charge is 0.333 e. The highest BCUT2D eigenvalue weighted by Gasteiger charge is 2.40. The lowest BCUT2D eigenvalue weighted by atomic mass is 9.84. The number of sulfonamides is 1. The Morgan fingerprint density at radius 2 is 1.80 bits per heavy atom. The standard InChI is InChI=1S/C24H25F3N2O5S/c1-35(32,33)29-12-16-11-17(21(24(30)31)20(13-29)28-16)15-6-4-14(5-7-15)3-2-10-34-23-19(26)9-8-18(25)22(23)27/h4-9,16,20,28H,2-3,10-13H2,1H3,(H,30,31). The van der Waals surface area contributed by atoms with Gasteiger partial charge in [-0.05, 0) is 48.1 Å². The minimum absolute atomic E-state index is 0.0147. The van der Waals surface area contributed by atoms with E-state index in [-0.39, 0.29) is 31.3 Å². The molecule has 35 heavy (non-hydrogen) atoms. The molecule has 0 aromatic heterocycles. The molecule has 0 amide bonds. The summed E-state index contributed by atoms with van der Waals surface area (Å²) >= 11 is 0. The number of aliphatic carboxylic acids is 1. The van der Waals surface area contributed by atoms with E-state index in [4.69, 9.17) is 4.74 Å². The normalized spacial score (nSPS) is 20.7. The molecule has 0 saturated carbocycles. The lowest BCUT2D eigenvalue weighted by Gasteiger charge is -2.42. The van der Waals surface area contributed by atoms with Crippen molar-refractivity contribution in [1.29, 1.82) is 0 Å². The highest BCUT2D eigenvalue weighted by Crippen LogP contribution is 2.34. The number of halogens is 3. The molecule has 1 saturated heterocycles. The Bertz CT molecular complexity index is 1260. The van der Waals surface area contributed by atoms with Crippen LogP contribution in [0.3, 0.4) is 0 Å². The van der Waals surface area contributed by atoms with Crippen molar-refractivity contribution in [3.05, 3.63) is 70.5 Å². The fraction of sp³-hybridized carbons (Fsp3) is 0.375. The third-order valence-electron chi connectivity index (χ3n) is 6.23. The molecule has 7 nitrogen and oxygen atoms in total. The maximum atomic E-state index is 13.7. The van der Waals surface area contributed by atoms with Crippen LogP contribution in [0.15, 0.2) is 42.0 Å². The van der Waals surface area contributed by atoms with Gasteiger partial charge in [0.2, 0.25) is 15.8 Å². The zero-order valence-corrected chi connectivity index (χ0v) is 19.7. The lowest BCUT2D eigenvalue weighted by molar-refractivity contribution is -0.133. The molecular weight excluding hydrogens is 485 g/mol. The number of aryl methyl sites for hydroxylation is 1. The topological polar surface area (TPSA) is 95.9 Å². The molecule has 2 heterocycles. The van der Waals surface area contributed by atoms with E-state index in [1.54, 1.807) is 0 Å². The number of hydrogen-bond donors (Lipinski definition) is 2. The van der Waals surface area contributed by atoms with Crippen LogP contribution >= 0.6 is 0 Å². The SMILES string of the molecule is CS(=O)(=O)N1CC2CC(c3ccc(CCCOc4c(F)ccc(F)c4F)cc3)=C(C(=O)O)C(C1)N2. The Kier molecular flexibility index (Phi) is 7.20. The van der Waals surface area contributed by atoms with Gasteiger partial charge in [0.25, 0.3) is 0 Å². The molecule has 0 spiro atoms. The van der Waals surface area contributed by atoms with Crippen molar-refractivity contribution in [2.75, 3.05) is 26.0 Å². The van der Waals surface area contributed by atoms with Gasteiger partial charge < -0.3 is 15.2 Å². The molecule has 2 aliphatic rings. The summed E-state index contributed by atoms with van der Waals surface area (Å²) < 4.78 is 70.9. The average molecular weight is 511 g/mol. The molecule has 0 aliphatic carbocycles. The maximum absolute atomic E-state index is 13.7. The number of piperazine rings is 1. The van der Waals surface area contributed by atoms with Crippen molar-refractivity contribution < 1.29 is 36.2 Å². The quantitative estimate of drug-likeness (QED) is 0.419. The van der Waals surface area contributed by atoms with Gasteiger partial charge in [0.1, 0.15) is 0 Å². The summed E-state index contributed by atoms with van der Waals surface area (Å²) in [6.45, 7) is 0.320. The monoisotopic (exact) mass is 510 g/mol. The predicted octanol–water partition coefficient (Wildman–Crippen LogP) is 2.96. The molecule has 188 valence electrons. The van der Waals surface area contributed by atoms with Crippen molar-refractivity contribution in [3.63, 3.8) is 0 Å². The fourth-order valence-electron chi connectivity index (χ4n) is 4.56. The van der Waals surface area contributed by atoms with Gasteiger partial charge in [-0.1, -0.05) is 24.3 Å². The molecule has 4 rings (SSSR count). The van der Waals surface area contributed by atoms with Gasteiger partial charge >= 0.3 is 5.97 Å². The van der Waals surface area contributed by atoms with Crippen molar-refractivity contribution >= 4 is 21.6 Å². The van der Waals surface area contributed by atoms with Crippen molar-refractivity contribution in [2.45, 2.75) is 31.3 Å². The zero-order chi connectivity index (χ0) is 25.3. The first-order chi connectivity index (χ1) is 16.5. The van der Waals surface area contributed by atoms with E-state index < -0.39 is 45.2 Å². The van der Waals surface area contributed by atoms with Gasteiger partial charge in [0.15, 0.2) is 17.4 Å². The van der Waals surface area contributed by atoms with Crippen LogP contribution in [0.4, 0.5) is 13.2 Å². The Hall–Kier alpha value is -2.89. The highest BCUT2D eigenvalue weighted by molar-refractivity contribution is 7.88.